The molecule has 1 aliphatic rings. The molecule has 0 amide bonds. The van der Waals surface area contributed by atoms with Crippen molar-refractivity contribution in [3.05, 3.63) is 11.6 Å². The monoisotopic (exact) mass is 210 g/mol. The summed E-state index contributed by atoms with van der Waals surface area (Å²) in [6, 6.07) is 0. The van der Waals surface area contributed by atoms with E-state index in [4.69, 9.17) is 12.2 Å². The summed E-state index contributed by atoms with van der Waals surface area (Å²) in [5.74, 6) is 0.634. The minimum absolute atomic E-state index is 0.262. The molecule has 0 heterocycles. The first-order valence-corrected chi connectivity index (χ1v) is 5.78. The van der Waals surface area contributed by atoms with Gasteiger partial charge < -0.3 is 0 Å². The van der Waals surface area contributed by atoms with Gasteiger partial charge in [0.2, 0.25) is 0 Å². The smallest absolute Gasteiger partial charge is 0.0158 e. The Kier molecular flexibility index (Phi) is 2.93. The number of allylic oxidation sites excluding steroid dienone is 2. The Balaban J connectivity index is 3.03. The van der Waals surface area contributed by atoms with Crippen LogP contribution in [0.3, 0.4) is 0 Å². The van der Waals surface area contributed by atoms with Gasteiger partial charge in [0, 0.05) is 4.86 Å². The largest absolute Gasteiger partial charge is 0.0849 e. The molecule has 0 aromatic heterocycles. The molecular formula is C13H22S. The maximum absolute atomic E-state index is 5.33. The topological polar surface area (TPSA) is 0 Å². The number of rotatable bonds is 0. The first-order valence-electron chi connectivity index (χ1n) is 5.37. The zero-order valence-corrected chi connectivity index (χ0v) is 11.1. The van der Waals surface area contributed by atoms with E-state index in [2.05, 4.69) is 47.6 Å². The predicted octanol–water partition coefficient (Wildman–Crippen LogP) is 4.39. The summed E-state index contributed by atoms with van der Waals surface area (Å²) in [4.78, 5) is 1.13. The molecule has 80 valence electrons. The molecule has 0 fully saturated rings. The highest BCUT2D eigenvalue weighted by Gasteiger charge is 2.37. The Labute approximate surface area is 93.8 Å². The lowest BCUT2D eigenvalue weighted by atomic mass is 9.69. The molecule has 0 aromatic rings. The van der Waals surface area contributed by atoms with E-state index in [9.17, 15) is 0 Å². The summed E-state index contributed by atoms with van der Waals surface area (Å²) >= 11 is 5.33. The number of thiocarbonyl (C=S) groups is 1. The van der Waals surface area contributed by atoms with E-state index in [0.717, 1.165) is 11.3 Å². The van der Waals surface area contributed by atoms with Gasteiger partial charge in [-0.1, -0.05) is 59.3 Å². The molecule has 1 heteroatoms. The first kappa shape index (κ1) is 11.9. The van der Waals surface area contributed by atoms with Crippen molar-refractivity contribution in [2.45, 2.75) is 48.0 Å². The zero-order valence-electron chi connectivity index (χ0n) is 10.3. The maximum Gasteiger partial charge on any atom is 0.0158 e. The highest BCUT2D eigenvalue weighted by Crippen LogP contribution is 2.46. The van der Waals surface area contributed by atoms with Crippen LogP contribution in [0.2, 0.25) is 0 Å². The average molecular weight is 210 g/mol. The van der Waals surface area contributed by atoms with Gasteiger partial charge in [-0.25, -0.2) is 0 Å². The van der Waals surface area contributed by atoms with Gasteiger partial charge in [-0.2, -0.15) is 0 Å². The fourth-order valence-electron chi connectivity index (χ4n) is 2.16. The van der Waals surface area contributed by atoms with Crippen LogP contribution in [-0.2, 0) is 0 Å². The second-order valence-electron chi connectivity index (χ2n) is 6.44. The molecule has 0 aromatic carbocycles. The highest BCUT2D eigenvalue weighted by atomic mass is 32.1. The van der Waals surface area contributed by atoms with Gasteiger partial charge in [-0.15, -0.1) is 0 Å². The standard InChI is InChI=1S/C13H22S/c1-12(2,3)10-7-9(14)8-11(10)13(4,5)6/h7,11H,8H2,1-6H3. The van der Waals surface area contributed by atoms with Crippen LogP contribution < -0.4 is 0 Å². The van der Waals surface area contributed by atoms with Crippen LogP contribution in [0.4, 0.5) is 0 Å². The van der Waals surface area contributed by atoms with Gasteiger partial charge in [0.25, 0.3) is 0 Å². The van der Waals surface area contributed by atoms with Gasteiger partial charge in [-0.05, 0) is 29.2 Å². The van der Waals surface area contributed by atoms with Gasteiger partial charge in [0.15, 0.2) is 0 Å². The Morgan fingerprint density at radius 3 is 1.93 bits per heavy atom. The van der Waals surface area contributed by atoms with Crippen molar-refractivity contribution in [3.8, 4) is 0 Å². The molecule has 0 saturated heterocycles. The summed E-state index contributed by atoms with van der Waals surface area (Å²) in [5.41, 5.74) is 2.13. The molecule has 0 aliphatic heterocycles. The summed E-state index contributed by atoms with van der Waals surface area (Å²) in [5, 5.41) is 0. The molecule has 1 unspecified atom stereocenters. The van der Waals surface area contributed by atoms with Crippen molar-refractivity contribution >= 4 is 17.1 Å². The van der Waals surface area contributed by atoms with Gasteiger partial charge >= 0.3 is 0 Å². The molecule has 1 aliphatic carbocycles. The molecule has 0 N–H and O–H groups in total. The second-order valence-corrected chi connectivity index (χ2v) is 6.96. The van der Waals surface area contributed by atoms with E-state index >= 15 is 0 Å². The normalized spacial score (nSPS) is 24.0. The van der Waals surface area contributed by atoms with Crippen LogP contribution in [0.5, 0.6) is 0 Å². The van der Waals surface area contributed by atoms with Gasteiger partial charge in [0.1, 0.15) is 0 Å². The maximum atomic E-state index is 5.33. The minimum atomic E-state index is 0.262. The van der Waals surface area contributed by atoms with E-state index in [0.29, 0.717) is 11.3 Å². The third-order valence-corrected chi connectivity index (χ3v) is 3.29. The molecule has 0 spiro atoms. The number of hydrogen-bond acceptors (Lipinski definition) is 1. The van der Waals surface area contributed by atoms with Crippen LogP contribution in [-0.4, -0.2) is 4.86 Å². The SMILES string of the molecule is CC(C)(C)C1=CC(=S)CC1C(C)(C)C. The summed E-state index contributed by atoms with van der Waals surface area (Å²) in [7, 11) is 0. The third kappa shape index (κ3) is 2.44. The lowest BCUT2D eigenvalue weighted by Gasteiger charge is -2.35. The van der Waals surface area contributed by atoms with Crippen molar-refractivity contribution in [1.82, 2.24) is 0 Å². The van der Waals surface area contributed by atoms with Crippen molar-refractivity contribution in [1.29, 1.82) is 0 Å². The first-order chi connectivity index (χ1) is 6.12. The third-order valence-electron chi connectivity index (χ3n) is 3.01. The lowest BCUT2D eigenvalue weighted by molar-refractivity contribution is 0.256. The molecule has 0 saturated carbocycles. The van der Waals surface area contributed by atoms with Crippen molar-refractivity contribution in [2.24, 2.45) is 16.7 Å². The Bertz CT molecular complexity index is 271. The highest BCUT2D eigenvalue weighted by molar-refractivity contribution is 7.80. The molecule has 0 nitrogen and oxygen atoms in total. The van der Waals surface area contributed by atoms with Crippen molar-refractivity contribution in [3.63, 3.8) is 0 Å². The van der Waals surface area contributed by atoms with E-state index < -0.39 is 0 Å². The van der Waals surface area contributed by atoms with Crippen molar-refractivity contribution < 1.29 is 0 Å². The van der Waals surface area contributed by atoms with E-state index in [1.807, 2.05) is 0 Å². The van der Waals surface area contributed by atoms with Crippen LogP contribution in [0.15, 0.2) is 11.6 Å². The summed E-state index contributed by atoms with van der Waals surface area (Å²) in [6.07, 6.45) is 3.32. The second kappa shape index (κ2) is 3.44. The quantitative estimate of drug-likeness (QED) is 0.534. The fourth-order valence-corrected chi connectivity index (χ4v) is 2.45. The minimum Gasteiger partial charge on any atom is -0.0849 e. The lowest BCUT2D eigenvalue weighted by Crippen LogP contribution is -2.26. The molecule has 0 radical (unpaired) electrons. The van der Waals surface area contributed by atoms with Gasteiger partial charge in [0.05, 0.1) is 0 Å². The zero-order chi connectivity index (χ0) is 11.1. The molecule has 1 atom stereocenters. The van der Waals surface area contributed by atoms with Crippen LogP contribution >= 0.6 is 12.2 Å². The van der Waals surface area contributed by atoms with Gasteiger partial charge in [-0.3, -0.25) is 0 Å². The van der Waals surface area contributed by atoms with Crippen molar-refractivity contribution in [2.75, 3.05) is 0 Å². The van der Waals surface area contributed by atoms with Crippen LogP contribution in [0, 0.1) is 16.7 Å². The molecular weight excluding hydrogens is 188 g/mol. The van der Waals surface area contributed by atoms with E-state index in [1.165, 1.54) is 5.57 Å². The number of hydrogen-bond donors (Lipinski definition) is 0. The molecule has 14 heavy (non-hydrogen) atoms. The Morgan fingerprint density at radius 1 is 1.14 bits per heavy atom. The average Bonchev–Trinajstić information content (AvgIpc) is 2.27. The van der Waals surface area contributed by atoms with E-state index in [-0.39, 0.29) is 5.41 Å². The molecule has 0 bridgehead atoms. The summed E-state index contributed by atoms with van der Waals surface area (Å²) < 4.78 is 0. The Morgan fingerprint density at radius 2 is 1.64 bits per heavy atom. The van der Waals surface area contributed by atoms with Crippen LogP contribution in [0.25, 0.3) is 0 Å². The van der Waals surface area contributed by atoms with E-state index in [1.54, 1.807) is 0 Å². The Hall–Kier alpha value is -0.170. The molecule has 1 rings (SSSR count). The predicted molar refractivity (Wildman–Crippen MR) is 67.7 cm³/mol. The van der Waals surface area contributed by atoms with Crippen LogP contribution in [0.1, 0.15) is 48.0 Å². The fraction of sp³-hybridized carbons (Fsp3) is 0.769. The summed E-state index contributed by atoms with van der Waals surface area (Å²) in [6.45, 7) is 13.8.